The molecule has 0 aliphatic rings. The van der Waals surface area contributed by atoms with Gasteiger partial charge in [-0.1, -0.05) is 31.8 Å². The zero-order valence-corrected chi connectivity index (χ0v) is 20.1. The Balaban J connectivity index is 1.92. The maximum atomic E-state index is 12.5. The van der Waals surface area contributed by atoms with Gasteiger partial charge in [-0.05, 0) is 46.1 Å². The highest BCUT2D eigenvalue weighted by Crippen LogP contribution is 2.37. The van der Waals surface area contributed by atoms with Crippen molar-refractivity contribution in [3.8, 4) is 0 Å². The number of rotatable bonds is 11. The SMILES string of the molecule is C[Si](C)(C)CCOCn1ccc2c(C(N)(CC(=O)CC(=O)O)c3ccsc3)cccc21. The monoisotopic (exact) mass is 458 g/mol. The number of benzene rings is 1. The second-order valence-electron chi connectivity index (χ2n) is 9.14. The highest BCUT2D eigenvalue weighted by molar-refractivity contribution is 7.08. The Bertz CT molecular complexity index is 1060. The largest absolute Gasteiger partial charge is 0.481 e. The van der Waals surface area contributed by atoms with Gasteiger partial charge in [0.05, 0.1) is 11.1 Å². The molecule has 0 bridgehead atoms. The van der Waals surface area contributed by atoms with Crippen LogP contribution in [0.4, 0.5) is 0 Å². The Labute approximate surface area is 187 Å². The van der Waals surface area contributed by atoms with Crippen molar-refractivity contribution in [2.75, 3.05) is 6.61 Å². The maximum Gasteiger partial charge on any atom is 0.310 e. The van der Waals surface area contributed by atoms with Gasteiger partial charge in [0.2, 0.25) is 0 Å². The van der Waals surface area contributed by atoms with E-state index >= 15 is 0 Å². The minimum absolute atomic E-state index is 0.0764. The van der Waals surface area contributed by atoms with Gasteiger partial charge in [-0.3, -0.25) is 9.59 Å². The highest BCUT2D eigenvalue weighted by atomic mass is 32.1. The molecule has 1 aromatic carbocycles. The Morgan fingerprint density at radius 2 is 2.00 bits per heavy atom. The van der Waals surface area contributed by atoms with E-state index in [2.05, 4.69) is 19.6 Å². The molecule has 3 aromatic rings. The van der Waals surface area contributed by atoms with Gasteiger partial charge >= 0.3 is 5.97 Å². The van der Waals surface area contributed by atoms with Crippen molar-refractivity contribution < 1.29 is 19.4 Å². The van der Waals surface area contributed by atoms with Gasteiger partial charge in [-0.15, -0.1) is 0 Å². The molecule has 8 heteroatoms. The van der Waals surface area contributed by atoms with Gasteiger partial charge in [0.25, 0.3) is 0 Å². The third-order valence-corrected chi connectivity index (χ3v) is 7.77. The van der Waals surface area contributed by atoms with Crippen molar-refractivity contribution in [3.05, 3.63) is 58.4 Å². The summed E-state index contributed by atoms with van der Waals surface area (Å²) in [5, 5.41) is 13.8. The lowest BCUT2D eigenvalue weighted by Gasteiger charge is -2.30. The van der Waals surface area contributed by atoms with Crippen LogP contribution in [0.2, 0.25) is 25.7 Å². The Hall–Kier alpha value is -2.26. The molecule has 1 atom stereocenters. The summed E-state index contributed by atoms with van der Waals surface area (Å²) in [5.41, 5.74) is 8.35. The number of fused-ring (bicyclic) bond motifs is 1. The third-order valence-electron chi connectivity index (χ3n) is 5.38. The lowest BCUT2D eigenvalue weighted by Crippen LogP contribution is -2.40. The number of carbonyl (C=O) groups is 2. The highest BCUT2D eigenvalue weighted by Gasteiger charge is 2.35. The van der Waals surface area contributed by atoms with E-state index < -0.39 is 31.8 Å². The number of ketones is 1. The molecule has 3 N–H and O–H groups in total. The molecule has 2 aromatic heterocycles. The zero-order valence-electron chi connectivity index (χ0n) is 18.3. The number of nitrogens with two attached hydrogens (primary N) is 1. The number of thiophene rings is 1. The lowest BCUT2D eigenvalue weighted by molar-refractivity contribution is -0.140. The minimum atomic E-state index is -1.15. The van der Waals surface area contributed by atoms with Crippen LogP contribution >= 0.6 is 11.3 Å². The molecule has 2 heterocycles. The number of carbonyl (C=O) groups excluding carboxylic acids is 1. The number of nitrogens with zero attached hydrogens (tertiary/aromatic N) is 1. The van der Waals surface area contributed by atoms with Crippen molar-refractivity contribution >= 4 is 42.1 Å². The van der Waals surface area contributed by atoms with E-state index in [4.69, 9.17) is 15.6 Å². The van der Waals surface area contributed by atoms with E-state index in [0.717, 1.165) is 34.7 Å². The molecule has 0 spiro atoms. The van der Waals surface area contributed by atoms with Crippen LogP contribution < -0.4 is 5.73 Å². The maximum absolute atomic E-state index is 12.5. The van der Waals surface area contributed by atoms with Crippen molar-refractivity contribution in [2.45, 2.75) is 50.8 Å². The molecule has 0 fully saturated rings. The smallest absolute Gasteiger partial charge is 0.310 e. The first-order valence-corrected chi connectivity index (χ1v) is 15.0. The number of carboxylic acids is 1. The average Bonchev–Trinajstić information content (AvgIpc) is 3.34. The van der Waals surface area contributed by atoms with E-state index in [9.17, 15) is 9.59 Å². The number of aliphatic carboxylic acids is 1. The van der Waals surface area contributed by atoms with Crippen LogP contribution in [0, 0.1) is 0 Å². The first-order chi connectivity index (χ1) is 14.6. The molecule has 6 nitrogen and oxygen atoms in total. The minimum Gasteiger partial charge on any atom is -0.481 e. The normalized spacial score (nSPS) is 13.9. The molecular formula is C23H30N2O4SSi. The fourth-order valence-corrected chi connectivity index (χ4v) is 5.18. The summed E-state index contributed by atoms with van der Waals surface area (Å²) in [6.07, 6.45) is 1.35. The van der Waals surface area contributed by atoms with Crippen LogP contribution in [-0.4, -0.2) is 36.1 Å². The molecule has 0 amide bonds. The third kappa shape index (κ3) is 5.71. The Morgan fingerprint density at radius 1 is 1.23 bits per heavy atom. The van der Waals surface area contributed by atoms with E-state index in [1.54, 1.807) is 0 Å². The molecule has 1 unspecified atom stereocenters. The number of ether oxygens (including phenoxy) is 1. The summed E-state index contributed by atoms with van der Waals surface area (Å²) < 4.78 is 7.95. The summed E-state index contributed by atoms with van der Waals surface area (Å²) >= 11 is 1.50. The average molecular weight is 459 g/mol. The van der Waals surface area contributed by atoms with Crippen LogP contribution in [0.5, 0.6) is 0 Å². The van der Waals surface area contributed by atoms with Gasteiger partial charge in [0.1, 0.15) is 18.9 Å². The Morgan fingerprint density at radius 3 is 2.65 bits per heavy atom. The summed E-state index contributed by atoms with van der Waals surface area (Å²) in [6.45, 7) is 8.15. The summed E-state index contributed by atoms with van der Waals surface area (Å²) in [4.78, 5) is 23.5. The predicted molar refractivity (Wildman–Crippen MR) is 127 cm³/mol. The summed E-state index contributed by atoms with van der Waals surface area (Å²) in [5.74, 6) is -1.54. The van der Waals surface area contributed by atoms with Crippen LogP contribution in [-0.2, 0) is 26.6 Å². The fourth-order valence-electron chi connectivity index (χ4n) is 3.68. The number of Topliss-reactive ketones (excluding diaryl/α,β-unsaturated/α-hetero) is 1. The van der Waals surface area contributed by atoms with Crippen LogP contribution in [0.3, 0.4) is 0 Å². The van der Waals surface area contributed by atoms with Crippen molar-refractivity contribution in [1.82, 2.24) is 4.57 Å². The molecule has 0 aliphatic heterocycles. The van der Waals surface area contributed by atoms with Crippen molar-refractivity contribution in [2.24, 2.45) is 5.73 Å². The van der Waals surface area contributed by atoms with E-state index in [-0.39, 0.29) is 6.42 Å². The lowest BCUT2D eigenvalue weighted by atomic mass is 9.79. The van der Waals surface area contributed by atoms with Gasteiger partial charge in [-0.25, -0.2) is 0 Å². The summed E-state index contributed by atoms with van der Waals surface area (Å²) in [7, 11) is -1.15. The molecule has 3 rings (SSSR count). The molecule has 31 heavy (non-hydrogen) atoms. The topological polar surface area (TPSA) is 94.5 Å². The molecule has 0 saturated heterocycles. The molecule has 0 aliphatic carbocycles. The molecule has 0 saturated carbocycles. The zero-order chi connectivity index (χ0) is 22.6. The molecule has 166 valence electrons. The Kier molecular flexibility index (Phi) is 7.16. The van der Waals surface area contributed by atoms with Crippen LogP contribution in [0.1, 0.15) is 24.0 Å². The first-order valence-electron chi connectivity index (χ1n) is 10.3. The number of carboxylic acid groups (broad SMARTS) is 1. The quantitative estimate of drug-likeness (QED) is 0.248. The second kappa shape index (κ2) is 9.48. The van der Waals surface area contributed by atoms with Crippen LogP contribution in [0.25, 0.3) is 10.9 Å². The van der Waals surface area contributed by atoms with E-state index in [1.165, 1.54) is 11.3 Å². The van der Waals surface area contributed by atoms with E-state index in [0.29, 0.717) is 6.73 Å². The van der Waals surface area contributed by atoms with Gasteiger partial charge < -0.3 is 20.1 Å². The molecular weight excluding hydrogens is 428 g/mol. The van der Waals surface area contributed by atoms with E-state index in [1.807, 2.05) is 51.9 Å². The standard InChI is InChI=1S/C23H30N2O4SSi/c1-31(2,3)12-10-29-16-25-9-7-19-20(5-4-6-21(19)25)23(24,17-8-11-30-15-17)14-18(26)13-22(27)28/h4-9,11,15H,10,12-14,16,24H2,1-3H3,(H,27,28). The van der Waals surface area contributed by atoms with Crippen LogP contribution in [0.15, 0.2) is 47.3 Å². The van der Waals surface area contributed by atoms with Gasteiger partial charge in [0, 0.05) is 32.7 Å². The molecule has 0 radical (unpaired) electrons. The number of hydrogen-bond acceptors (Lipinski definition) is 5. The summed E-state index contributed by atoms with van der Waals surface area (Å²) in [6, 6.07) is 10.8. The number of hydrogen-bond donors (Lipinski definition) is 2. The number of aromatic nitrogens is 1. The van der Waals surface area contributed by atoms with Crippen molar-refractivity contribution in [3.63, 3.8) is 0 Å². The van der Waals surface area contributed by atoms with Gasteiger partial charge in [0.15, 0.2) is 0 Å². The fraction of sp³-hybridized carbons (Fsp3) is 0.391. The first kappa shape index (κ1) is 23.4. The van der Waals surface area contributed by atoms with Crippen molar-refractivity contribution in [1.29, 1.82) is 0 Å². The predicted octanol–water partition coefficient (Wildman–Crippen LogP) is 4.65. The van der Waals surface area contributed by atoms with Gasteiger partial charge in [-0.2, -0.15) is 11.3 Å². The second-order valence-corrected chi connectivity index (χ2v) is 15.5.